The molecule has 0 N–H and O–H groups in total. The highest BCUT2D eigenvalue weighted by molar-refractivity contribution is 6.18. The van der Waals surface area contributed by atoms with Gasteiger partial charge in [0.15, 0.2) is 0 Å². The van der Waals surface area contributed by atoms with E-state index in [4.69, 9.17) is 11.6 Å². The van der Waals surface area contributed by atoms with E-state index in [0.29, 0.717) is 19.0 Å². The molecule has 1 aliphatic heterocycles. The van der Waals surface area contributed by atoms with Gasteiger partial charge in [-0.2, -0.15) is 0 Å². The first-order chi connectivity index (χ1) is 9.52. The Morgan fingerprint density at radius 3 is 2.90 bits per heavy atom. The molecule has 1 unspecified atom stereocenters. The van der Waals surface area contributed by atoms with E-state index in [0.717, 1.165) is 25.0 Å². The second kappa shape index (κ2) is 6.17. The van der Waals surface area contributed by atoms with Crippen molar-refractivity contribution < 1.29 is 14.1 Å². The number of hydrogen-bond acceptors (Lipinski definition) is 3. The van der Waals surface area contributed by atoms with Crippen LogP contribution in [0.4, 0.5) is 10.1 Å². The number of alkyl halides is 1. The minimum Gasteiger partial charge on any atom is -0.338 e. The summed E-state index contributed by atoms with van der Waals surface area (Å²) in [7, 11) is 0. The molecule has 5 nitrogen and oxygen atoms in total. The van der Waals surface area contributed by atoms with Gasteiger partial charge in [-0.05, 0) is 24.8 Å². The van der Waals surface area contributed by atoms with Crippen LogP contribution >= 0.6 is 11.6 Å². The van der Waals surface area contributed by atoms with Crippen LogP contribution in [-0.2, 0) is 0 Å². The van der Waals surface area contributed by atoms with Crippen molar-refractivity contribution in [2.45, 2.75) is 12.8 Å². The molecular formula is C13H14ClFN2O3. The molecule has 2 rings (SSSR count). The fourth-order valence-corrected chi connectivity index (χ4v) is 2.59. The van der Waals surface area contributed by atoms with Crippen molar-refractivity contribution in [1.82, 2.24) is 4.90 Å². The minimum atomic E-state index is -0.864. The third-order valence-corrected chi connectivity index (χ3v) is 3.85. The molecule has 108 valence electrons. The molecule has 20 heavy (non-hydrogen) atoms. The fraction of sp³-hybridized carbons (Fsp3) is 0.462. The Balaban J connectivity index is 2.18. The quantitative estimate of drug-likeness (QED) is 0.490. The highest BCUT2D eigenvalue weighted by Crippen LogP contribution is 2.22. The monoisotopic (exact) mass is 300 g/mol. The standard InChI is InChI=1S/C13H14ClFN2O3/c14-7-9-2-1-5-16(8-9)13(18)11-4-3-10(17(19)20)6-12(11)15/h3-4,6,9H,1-2,5,7-8H2. The summed E-state index contributed by atoms with van der Waals surface area (Å²) < 4.78 is 13.8. The highest BCUT2D eigenvalue weighted by atomic mass is 35.5. The van der Waals surface area contributed by atoms with E-state index in [1.54, 1.807) is 4.90 Å². The van der Waals surface area contributed by atoms with Crippen molar-refractivity contribution in [3.05, 3.63) is 39.7 Å². The number of likely N-dealkylation sites (tertiary alicyclic amines) is 1. The number of benzene rings is 1. The van der Waals surface area contributed by atoms with Crippen LogP contribution in [0.5, 0.6) is 0 Å². The van der Waals surface area contributed by atoms with E-state index in [1.807, 2.05) is 0 Å². The van der Waals surface area contributed by atoms with Gasteiger partial charge in [0.1, 0.15) is 5.82 Å². The van der Waals surface area contributed by atoms with Gasteiger partial charge in [0.25, 0.3) is 11.6 Å². The van der Waals surface area contributed by atoms with Gasteiger partial charge in [0.05, 0.1) is 16.6 Å². The number of piperidine rings is 1. The van der Waals surface area contributed by atoms with Gasteiger partial charge in [-0.15, -0.1) is 11.6 Å². The molecule has 1 heterocycles. The Bertz CT molecular complexity index is 538. The summed E-state index contributed by atoms with van der Waals surface area (Å²) in [6.45, 7) is 1.06. The van der Waals surface area contributed by atoms with Crippen LogP contribution in [0.3, 0.4) is 0 Å². The van der Waals surface area contributed by atoms with Crippen molar-refractivity contribution in [3.8, 4) is 0 Å². The molecule has 1 aromatic rings. The van der Waals surface area contributed by atoms with Crippen molar-refractivity contribution in [1.29, 1.82) is 0 Å². The lowest BCUT2D eigenvalue weighted by atomic mass is 9.99. The Hall–Kier alpha value is -1.69. The maximum atomic E-state index is 13.8. The number of halogens is 2. The lowest BCUT2D eigenvalue weighted by molar-refractivity contribution is -0.385. The van der Waals surface area contributed by atoms with E-state index >= 15 is 0 Å². The zero-order valence-corrected chi connectivity index (χ0v) is 11.5. The zero-order valence-electron chi connectivity index (χ0n) is 10.7. The molecule has 1 saturated heterocycles. The van der Waals surface area contributed by atoms with Gasteiger partial charge >= 0.3 is 0 Å². The lowest BCUT2D eigenvalue weighted by Crippen LogP contribution is -2.40. The molecule has 0 bridgehead atoms. The van der Waals surface area contributed by atoms with E-state index in [-0.39, 0.29) is 17.2 Å². The second-order valence-corrected chi connectivity index (χ2v) is 5.14. The Morgan fingerprint density at radius 2 is 2.30 bits per heavy atom. The summed E-state index contributed by atoms with van der Waals surface area (Å²) in [5.41, 5.74) is -0.498. The maximum absolute atomic E-state index is 13.8. The average Bonchev–Trinajstić information content (AvgIpc) is 2.46. The lowest BCUT2D eigenvalue weighted by Gasteiger charge is -2.31. The summed E-state index contributed by atoms with van der Waals surface area (Å²) in [6, 6.07) is 3.08. The van der Waals surface area contributed by atoms with Gasteiger partial charge in [-0.3, -0.25) is 14.9 Å². The van der Waals surface area contributed by atoms with Crippen LogP contribution in [0.25, 0.3) is 0 Å². The van der Waals surface area contributed by atoms with Gasteiger partial charge < -0.3 is 4.90 Å². The molecule has 7 heteroatoms. The van der Waals surface area contributed by atoms with Crippen molar-refractivity contribution >= 4 is 23.2 Å². The van der Waals surface area contributed by atoms with Gasteiger partial charge in [0.2, 0.25) is 0 Å². The van der Waals surface area contributed by atoms with Crippen LogP contribution < -0.4 is 0 Å². The zero-order chi connectivity index (χ0) is 14.7. The van der Waals surface area contributed by atoms with Crippen LogP contribution in [0.1, 0.15) is 23.2 Å². The number of carbonyl (C=O) groups excluding carboxylic acids is 1. The van der Waals surface area contributed by atoms with Crippen LogP contribution in [0.15, 0.2) is 18.2 Å². The summed E-state index contributed by atoms with van der Waals surface area (Å²) >= 11 is 5.80. The SMILES string of the molecule is O=C(c1ccc([N+](=O)[O-])cc1F)N1CCCC(CCl)C1. The molecule has 1 atom stereocenters. The van der Waals surface area contributed by atoms with E-state index < -0.39 is 16.6 Å². The average molecular weight is 301 g/mol. The summed E-state index contributed by atoms with van der Waals surface area (Å²) in [6.07, 6.45) is 1.79. The molecule has 0 aliphatic carbocycles. The predicted octanol–water partition coefficient (Wildman–Crippen LogP) is 2.82. The number of hydrogen-bond donors (Lipinski definition) is 0. The number of nitro groups is 1. The van der Waals surface area contributed by atoms with Crippen LogP contribution in [0, 0.1) is 21.8 Å². The number of carbonyl (C=O) groups is 1. The van der Waals surface area contributed by atoms with Crippen molar-refractivity contribution in [3.63, 3.8) is 0 Å². The third kappa shape index (κ3) is 3.07. The van der Waals surface area contributed by atoms with Gasteiger partial charge in [-0.25, -0.2) is 4.39 Å². The smallest absolute Gasteiger partial charge is 0.272 e. The summed E-state index contributed by atoms with van der Waals surface area (Å²) in [4.78, 5) is 23.6. The molecule has 1 amide bonds. The topological polar surface area (TPSA) is 63.4 Å². The first-order valence-corrected chi connectivity index (χ1v) is 6.85. The normalized spacial score (nSPS) is 18.9. The Labute approximate surface area is 120 Å². The molecule has 0 spiro atoms. The van der Waals surface area contributed by atoms with Crippen LogP contribution in [0.2, 0.25) is 0 Å². The van der Waals surface area contributed by atoms with Crippen molar-refractivity contribution in [2.24, 2.45) is 5.92 Å². The van der Waals surface area contributed by atoms with Gasteiger partial charge in [0, 0.05) is 25.0 Å². The van der Waals surface area contributed by atoms with E-state index in [1.165, 1.54) is 6.07 Å². The Kier molecular flexibility index (Phi) is 4.54. The largest absolute Gasteiger partial charge is 0.338 e. The molecule has 0 saturated carbocycles. The third-order valence-electron chi connectivity index (χ3n) is 3.42. The summed E-state index contributed by atoms with van der Waals surface area (Å²) in [5, 5.41) is 10.5. The number of amides is 1. The number of non-ortho nitro benzene ring substituents is 1. The molecule has 0 aromatic heterocycles. The second-order valence-electron chi connectivity index (χ2n) is 4.83. The number of nitro benzene ring substituents is 1. The predicted molar refractivity (Wildman–Crippen MR) is 72.4 cm³/mol. The molecule has 1 aromatic carbocycles. The first-order valence-electron chi connectivity index (χ1n) is 6.32. The van der Waals surface area contributed by atoms with E-state index in [2.05, 4.69) is 0 Å². The minimum absolute atomic E-state index is 0.133. The Morgan fingerprint density at radius 1 is 1.55 bits per heavy atom. The fourth-order valence-electron chi connectivity index (χ4n) is 2.34. The number of rotatable bonds is 3. The summed E-state index contributed by atoms with van der Waals surface area (Å²) in [5.74, 6) is -0.619. The van der Waals surface area contributed by atoms with Crippen LogP contribution in [-0.4, -0.2) is 34.7 Å². The number of nitrogens with zero attached hydrogens (tertiary/aromatic N) is 2. The molecule has 1 aliphatic rings. The van der Waals surface area contributed by atoms with Gasteiger partial charge in [-0.1, -0.05) is 0 Å². The highest BCUT2D eigenvalue weighted by Gasteiger charge is 2.26. The maximum Gasteiger partial charge on any atom is 0.272 e. The molecule has 0 radical (unpaired) electrons. The molecular weight excluding hydrogens is 287 g/mol. The first kappa shape index (κ1) is 14.7. The molecule has 1 fully saturated rings. The van der Waals surface area contributed by atoms with Crippen molar-refractivity contribution in [2.75, 3.05) is 19.0 Å². The van der Waals surface area contributed by atoms with E-state index in [9.17, 15) is 19.3 Å².